The molecule has 4 aromatic rings. The molecule has 0 saturated carbocycles. The standard InChI is InChI=1S/C25H21ClN4O3S/c26-18-12-13-21-20(15-18)24(33)30(19-9-5-2-6-10-19)25(27-21)34-16-23(32)29-28-22(31)14-11-17-7-3-1-4-8-17/h1-10,12-13,15H,11,14,16H2,(H,28,31)(H,29,32). The van der Waals surface area contributed by atoms with Gasteiger partial charge < -0.3 is 0 Å². The molecule has 0 atom stereocenters. The van der Waals surface area contributed by atoms with Gasteiger partial charge in [0.2, 0.25) is 11.8 Å². The van der Waals surface area contributed by atoms with E-state index in [0.717, 1.165) is 17.3 Å². The van der Waals surface area contributed by atoms with Gasteiger partial charge >= 0.3 is 0 Å². The number of nitrogens with zero attached hydrogens (tertiary/aromatic N) is 2. The molecule has 0 aliphatic carbocycles. The Balaban J connectivity index is 1.44. The van der Waals surface area contributed by atoms with E-state index in [1.807, 2.05) is 48.5 Å². The van der Waals surface area contributed by atoms with Crippen molar-refractivity contribution < 1.29 is 9.59 Å². The van der Waals surface area contributed by atoms with Crippen molar-refractivity contribution in [2.24, 2.45) is 0 Å². The number of amides is 2. The van der Waals surface area contributed by atoms with Gasteiger partial charge in [0, 0.05) is 11.4 Å². The van der Waals surface area contributed by atoms with E-state index in [1.165, 1.54) is 4.57 Å². The van der Waals surface area contributed by atoms with Crippen molar-refractivity contribution in [3.63, 3.8) is 0 Å². The zero-order valence-corrected chi connectivity index (χ0v) is 19.6. The van der Waals surface area contributed by atoms with E-state index in [-0.39, 0.29) is 23.6 Å². The predicted octanol–water partition coefficient (Wildman–Crippen LogP) is 3.91. The van der Waals surface area contributed by atoms with Crippen LogP contribution in [-0.4, -0.2) is 27.1 Å². The first-order valence-corrected chi connectivity index (χ1v) is 11.9. The molecule has 0 fully saturated rings. The molecule has 2 amide bonds. The number of aromatic nitrogens is 2. The molecule has 0 bridgehead atoms. The highest BCUT2D eigenvalue weighted by Crippen LogP contribution is 2.22. The molecular formula is C25H21ClN4O3S. The summed E-state index contributed by atoms with van der Waals surface area (Å²) in [5, 5.41) is 1.18. The predicted molar refractivity (Wildman–Crippen MR) is 134 cm³/mol. The Morgan fingerprint density at radius 2 is 1.59 bits per heavy atom. The third-order valence-electron chi connectivity index (χ3n) is 4.97. The minimum absolute atomic E-state index is 0.0443. The molecule has 0 saturated heterocycles. The van der Waals surface area contributed by atoms with Gasteiger partial charge in [-0.05, 0) is 42.3 Å². The Bertz CT molecular complexity index is 1380. The lowest BCUT2D eigenvalue weighted by molar-refractivity contribution is -0.127. The smallest absolute Gasteiger partial charge is 0.266 e. The van der Waals surface area contributed by atoms with Crippen LogP contribution in [0.4, 0.5) is 0 Å². The van der Waals surface area contributed by atoms with Crippen LogP contribution in [0.1, 0.15) is 12.0 Å². The van der Waals surface area contributed by atoms with E-state index in [9.17, 15) is 14.4 Å². The Labute approximate surface area is 205 Å². The van der Waals surface area contributed by atoms with Crippen LogP contribution in [0.2, 0.25) is 5.02 Å². The second-order valence-electron chi connectivity index (χ2n) is 7.40. The maximum atomic E-state index is 13.2. The molecule has 0 aliphatic heterocycles. The number of fused-ring (bicyclic) bond motifs is 1. The van der Waals surface area contributed by atoms with Gasteiger partial charge in [0.25, 0.3) is 5.56 Å². The SMILES string of the molecule is O=C(CCc1ccccc1)NNC(=O)CSc1nc2ccc(Cl)cc2c(=O)n1-c1ccccc1. The number of rotatable bonds is 7. The lowest BCUT2D eigenvalue weighted by Gasteiger charge is -2.13. The number of para-hydroxylation sites is 1. The third-order valence-corrected chi connectivity index (χ3v) is 6.14. The fraction of sp³-hybridized carbons (Fsp3) is 0.120. The molecule has 4 rings (SSSR count). The Hall–Kier alpha value is -3.62. The highest BCUT2D eigenvalue weighted by Gasteiger charge is 2.15. The van der Waals surface area contributed by atoms with Gasteiger partial charge in [0.05, 0.1) is 22.3 Å². The number of hydrogen-bond acceptors (Lipinski definition) is 5. The summed E-state index contributed by atoms with van der Waals surface area (Å²) < 4.78 is 1.45. The second kappa shape index (κ2) is 11.0. The molecule has 1 heterocycles. The van der Waals surface area contributed by atoms with Gasteiger partial charge in [-0.1, -0.05) is 71.9 Å². The fourth-order valence-corrected chi connectivity index (χ4v) is 4.29. The Kier molecular flexibility index (Phi) is 7.61. The van der Waals surface area contributed by atoms with Gasteiger partial charge in [-0.15, -0.1) is 0 Å². The summed E-state index contributed by atoms with van der Waals surface area (Å²) >= 11 is 7.18. The van der Waals surface area contributed by atoms with E-state index in [1.54, 1.807) is 30.3 Å². The molecule has 1 aromatic heterocycles. The number of halogens is 1. The van der Waals surface area contributed by atoms with Crippen molar-refractivity contribution in [1.29, 1.82) is 0 Å². The first-order chi connectivity index (χ1) is 16.5. The van der Waals surface area contributed by atoms with Crippen LogP contribution in [0.15, 0.2) is 88.8 Å². The van der Waals surface area contributed by atoms with Crippen molar-refractivity contribution in [2.75, 3.05) is 5.75 Å². The molecule has 172 valence electrons. The summed E-state index contributed by atoms with van der Waals surface area (Å²) in [6.07, 6.45) is 0.825. The molecule has 3 aromatic carbocycles. The van der Waals surface area contributed by atoms with E-state index in [4.69, 9.17) is 11.6 Å². The third kappa shape index (κ3) is 5.84. The number of thioether (sulfide) groups is 1. The summed E-state index contributed by atoms with van der Waals surface area (Å²) in [6, 6.07) is 23.6. The summed E-state index contributed by atoms with van der Waals surface area (Å²) in [6.45, 7) is 0. The van der Waals surface area contributed by atoms with Crippen LogP contribution in [0.5, 0.6) is 0 Å². The first kappa shape index (κ1) is 23.5. The largest absolute Gasteiger partial charge is 0.273 e. The van der Waals surface area contributed by atoms with Crippen LogP contribution in [0.25, 0.3) is 16.6 Å². The molecule has 0 unspecified atom stereocenters. The number of carbonyl (C=O) groups excluding carboxylic acids is 2. The summed E-state index contributed by atoms with van der Waals surface area (Å²) in [7, 11) is 0. The molecular weight excluding hydrogens is 472 g/mol. The van der Waals surface area contributed by atoms with Crippen LogP contribution < -0.4 is 16.4 Å². The van der Waals surface area contributed by atoms with Gasteiger partial charge in [-0.2, -0.15) is 0 Å². The van der Waals surface area contributed by atoms with Gasteiger partial charge in [0.1, 0.15) is 0 Å². The van der Waals surface area contributed by atoms with Crippen molar-refractivity contribution >= 4 is 46.1 Å². The molecule has 34 heavy (non-hydrogen) atoms. The van der Waals surface area contributed by atoms with E-state index >= 15 is 0 Å². The maximum Gasteiger partial charge on any atom is 0.266 e. The number of hydrogen-bond donors (Lipinski definition) is 2. The molecule has 7 nitrogen and oxygen atoms in total. The second-order valence-corrected chi connectivity index (χ2v) is 8.78. The Morgan fingerprint density at radius 1 is 0.912 bits per heavy atom. The topological polar surface area (TPSA) is 93.1 Å². The lowest BCUT2D eigenvalue weighted by Crippen LogP contribution is -2.42. The minimum atomic E-state index is -0.414. The van der Waals surface area contributed by atoms with Crippen molar-refractivity contribution in [1.82, 2.24) is 20.4 Å². The van der Waals surface area contributed by atoms with Crippen molar-refractivity contribution in [2.45, 2.75) is 18.0 Å². The molecule has 0 aliphatic rings. The lowest BCUT2D eigenvalue weighted by atomic mass is 10.1. The number of aryl methyl sites for hydroxylation is 1. The molecule has 0 radical (unpaired) electrons. The molecule has 2 N–H and O–H groups in total. The number of nitrogens with one attached hydrogen (secondary N) is 2. The van der Waals surface area contributed by atoms with Crippen LogP contribution in [-0.2, 0) is 16.0 Å². The first-order valence-electron chi connectivity index (χ1n) is 10.5. The summed E-state index contributed by atoms with van der Waals surface area (Å²) in [5.41, 5.74) is 6.71. The van der Waals surface area contributed by atoms with Gasteiger partial charge in [-0.3, -0.25) is 29.8 Å². The highest BCUT2D eigenvalue weighted by molar-refractivity contribution is 7.99. The minimum Gasteiger partial charge on any atom is -0.273 e. The van der Waals surface area contributed by atoms with E-state index < -0.39 is 5.91 Å². The zero-order chi connectivity index (χ0) is 23.9. The van der Waals surface area contributed by atoms with E-state index in [0.29, 0.717) is 33.2 Å². The van der Waals surface area contributed by atoms with Gasteiger partial charge in [-0.25, -0.2) is 4.98 Å². The number of hydrazine groups is 1. The zero-order valence-electron chi connectivity index (χ0n) is 18.0. The average Bonchev–Trinajstić information content (AvgIpc) is 2.86. The quantitative estimate of drug-likeness (QED) is 0.232. The maximum absolute atomic E-state index is 13.2. The van der Waals surface area contributed by atoms with Gasteiger partial charge in [0.15, 0.2) is 5.16 Å². The summed E-state index contributed by atoms with van der Waals surface area (Å²) in [5.74, 6) is -0.746. The number of benzene rings is 3. The van der Waals surface area contributed by atoms with Crippen molar-refractivity contribution in [3.8, 4) is 5.69 Å². The normalized spacial score (nSPS) is 10.7. The van der Waals surface area contributed by atoms with Crippen LogP contribution in [0.3, 0.4) is 0 Å². The van der Waals surface area contributed by atoms with E-state index in [2.05, 4.69) is 15.8 Å². The Morgan fingerprint density at radius 3 is 2.32 bits per heavy atom. The monoisotopic (exact) mass is 492 g/mol. The molecule has 0 spiro atoms. The van der Waals surface area contributed by atoms with Crippen LogP contribution >= 0.6 is 23.4 Å². The number of carbonyl (C=O) groups is 2. The average molecular weight is 493 g/mol. The molecule has 9 heteroatoms. The fourth-order valence-electron chi connectivity index (χ4n) is 3.31. The van der Waals surface area contributed by atoms with Crippen LogP contribution in [0, 0.1) is 0 Å². The highest BCUT2D eigenvalue weighted by atomic mass is 35.5. The summed E-state index contributed by atoms with van der Waals surface area (Å²) in [4.78, 5) is 42.2. The van der Waals surface area contributed by atoms with Crippen molar-refractivity contribution in [3.05, 3.63) is 99.8 Å².